The standard InChI is InChI=1S/C13H22N2O3/c1-2-12(17)14-10-7-9(8-11(10)16)13(18)15-5-3-4-6-15/h9-11,16H,2-8H2,1H3,(H,14,17)/t9-,10-,11-/m0/s1. The summed E-state index contributed by atoms with van der Waals surface area (Å²) in [5, 5.41) is 12.7. The Balaban J connectivity index is 1.89. The molecule has 102 valence electrons. The fraction of sp³-hybridized carbons (Fsp3) is 0.846. The SMILES string of the molecule is CCC(=O)N[C@H]1C[C@H](C(=O)N2CCCC2)C[C@@H]1O. The van der Waals surface area contributed by atoms with Crippen LogP contribution in [0.3, 0.4) is 0 Å². The summed E-state index contributed by atoms with van der Waals surface area (Å²) in [4.78, 5) is 25.4. The van der Waals surface area contributed by atoms with Crippen LogP contribution in [0.25, 0.3) is 0 Å². The molecule has 2 N–H and O–H groups in total. The molecule has 18 heavy (non-hydrogen) atoms. The molecule has 1 aliphatic carbocycles. The van der Waals surface area contributed by atoms with E-state index in [0.29, 0.717) is 19.3 Å². The number of nitrogens with one attached hydrogen (secondary N) is 1. The summed E-state index contributed by atoms with van der Waals surface area (Å²) in [5.41, 5.74) is 0. The Morgan fingerprint density at radius 1 is 1.28 bits per heavy atom. The number of aliphatic hydroxyl groups excluding tert-OH is 1. The lowest BCUT2D eigenvalue weighted by atomic mass is 10.1. The van der Waals surface area contributed by atoms with Crippen LogP contribution in [-0.2, 0) is 9.59 Å². The molecule has 1 saturated carbocycles. The highest BCUT2D eigenvalue weighted by Crippen LogP contribution is 2.29. The molecule has 0 unspecified atom stereocenters. The zero-order valence-electron chi connectivity index (χ0n) is 10.9. The van der Waals surface area contributed by atoms with Gasteiger partial charge >= 0.3 is 0 Å². The van der Waals surface area contributed by atoms with E-state index in [9.17, 15) is 14.7 Å². The highest BCUT2D eigenvalue weighted by atomic mass is 16.3. The fourth-order valence-corrected chi connectivity index (χ4v) is 2.88. The minimum atomic E-state index is -0.586. The number of hydrogen-bond acceptors (Lipinski definition) is 3. The average molecular weight is 254 g/mol. The molecule has 0 bridgehead atoms. The van der Waals surface area contributed by atoms with Crippen LogP contribution in [0.2, 0.25) is 0 Å². The number of carbonyl (C=O) groups excluding carboxylic acids is 2. The Morgan fingerprint density at radius 3 is 2.56 bits per heavy atom. The third kappa shape index (κ3) is 2.83. The van der Waals surface area contributed by atoms with E-state index in [0.717, 1.165) is 25.9 Å². The number of likely N-dealkylation sites (tertiary alicyclic amines) is 1. The van der Waals surface area contributed by atoms with Crippen molar-refractivity contribution in [2.75, 3.05) is 13.1 Å². The summed E-state index contributed by atoms with van der Waals surface area (Å²) in [6.45, 7) is 3.47. The third-order valence-corrected chi connectivity index (χ3v) is 3.96. The predicted octanol–water partition coefficient (Wildman–Crippen LogP) is 0.274. The van der Waals surface area contributed by atoms with Crippen LogP contribution in [0.5, 0.6) is 0 Å². The smallest absolute Gasteiger partial charge is 0.225 e. The molecule has 0 radical (unpaired) electrons. The van der Waals surface area contributed by atoms with E-state index in [1.165, 1.54) is 0 Å². The van der Waals surface area contributed by atoms with Gasteiger partial charge in [0.1, 0.15) is 0 Å². The molecule has 0 aromatic rings. The first-order chi connectivity index (χ1) is 8.61. The first kappa shape index (κ1) is 13.3. The van der Waals surface area contributed by atoms with Crippen molar-refractivity contribution in [3.63, 3.8) is 0 Å². The maximum Gasteiger partial charge on any atom is 0.225 e. The largest absolute Gasteiger partial charge is 0.391 e. The Labute approximate surface area is 108 Å². The maximum absolute atomic E-state index is 12.2. The van der Waals surface area contributed by atoms with Crippen LogP contribution in [0.4, 0.5) is 0 Å². The molecule has 2 rings (SSSR count). The molecule has 1 saturated heterocycles. The quantitative estimate of drug-likeness (QED) is 0.760. The number of amides is 2. The van der Waals surface area contributed by atoms with Crippen molar-refractivity contribution in [1.82, 2.24) is 10.2 Å². The molecule has 0 spiro atoms. The summed E-state index contributed by atoms with van der Waals surface area (Å²) in [6, 6.07) is -0.256. The van der Waals surface area contributed by atoms with Crippen molar-refractivity contribution in [3.8, 4) is 0 Å². The predicted molar refractivity (Wildman–Crippen MR) is 66.8 cm³/mol. The highest BCUT2D eigenvalue weighted by Gasteiger charge is 2.39. The lowest BCUT2D eigenvalue weighted by Crippen LogP contribution is -2.39. The molecule has 2 aliphatic rings. The average Bonchev–Trinajstić information content (AvgIpc) is 2.99. The first-order valence-corrected chi connectivity index (χ1v) is 6.88. The molecule has 1 aliphatic heterocycles. The molecule has 2 fully saturated rings. The molecule has 1 heterocycles. The van der Waals surface area contributed by atoms with Crippen molar-refractivity contribution in [1.29, 1.82) is 0 Å². The summed E-state index contributed by atoms with van der Waals surface area (Å²) >= 11 is 0. The summed E-state index contributed by atoms with van der Waals surface area (Å²) < 4.78 is 0. The van der Waals surface area contributed by atoms with Gasteiger partial charge in [0.15, 0.2) is 0 Å². The zero-order chi connectivity index (χ0) is 13.1. The summed E-state index contributed by atoms with van der Waals surface area (Å²) in [7, 11) is 0. The number of carbonyl (C=O) groups is 2. The van der Waals surface area contributed by atoms with Crippen molar-refractivity contribution in [3.05, 3.63) is 0 Å². The van der Waals surface area contributed by atoms with Gasteiger partial charge in [-0.1, -0.05) is 6.92 Å². The molecule has 5 nitrogen and oxygen atoms in total. The molecule has 0 aromatic heterocycles. The number of rotatable bonds is 3. The molecule has 5 heteroatoms. The molecule has 2 amide bonds. The van der Waals surface area contributed by atoms with E-state index >= 15 is 0 Å². The van der Waals surface area contributed by atoms with Crippen LogP contribution in [0.1, 0.15) is 39.0 Å². The second-order valence-electron chi connectivity index (χ2n) is 5.30. The second-order valence-corrected chi connectivity index (χ2v) is 5.30. The monoisotopic (exact) mass is 254 g/mol. The van der Waals surface area contributed by atoms with Crippen LogP contribution < -0.4 is 5.32 Å². The van der Waals surface area contributed by atoms with E-state index in [1.807, 2.05) is 4.90 Å². The Morgan fingerprint density at radius 2 is 1.94 bits per heavy atom. The third-order valence-electron chi connectivity index (χ3n) is 3.96. The van der Waals surface area contributed by atoms with Gasteiger partial charge in [-0.25, -0.2) is 0 Å². The van der Waals surface area contributed by atoms with Crippen LogP contribution >= 0.6 is 0 Å². The van der Waals surface area contributed by atoms with Crippen molar-refractivity contribution in [2.45, 2.75) is 51.2 Å². The minimum Gasteiger partial charge on any atom is -0.391 e. The minimum absolute atomic E-state index is 0.0617. The number of aliphatic hydroxyl groups is 1. The normalized spacial score (nSPS) is 31.7. The first-order valence-electron chi connectivity index (χ1n) is 6.88. The van der Waals surface area contributed by atoms with Crippen LogP contribution in [0, 0.1) is 5.92 Å². The van der Waals surface area contributed by atoms with E-state index in [4.69, 9.17) is 0 Å². The van der Waals surface area contributed by atoms with Gasteiger partial charge in [0.25, 0.3) is 0 Å². The van der Waals surface area contributed by atoms with Gasteiger partial charge in [-0.15, -0.1) is 0 Å². The maximum atomic E-state index is 12.2. The van der Waals surface area contributed by atoms with Gasteiger partial charge in [-0.3, -0.25) is 9.59 Å². The Bertz CT molecular complexity index is 326. The van der Waals surface area contributed by atoms with Crippen molar-refractivity contribution in [2.24, 2.45) is 5.92 Å². The van der Waals surface area contributed by atoms with Gasteiger partial charge in [-0.05, 0) is 25.7 Å². The Kier molecular flexibility index (Phi) is 4.22. The molecular formula is C13H22N2O3. The number of nitrogens with zero attached hydrogens (tertiary/aromatic N) is 1. The van der Waals surface area contributed by atoms with Crippen LogP contribution in [-0.4, -0.2) is 47.1 Å². The van der Waals surface area contributed by atoms with Gasteiger partial charge < -0.3 is 15.3 Å². The lowest BCUT2D eigenvalue weighted by molar-refractivity contribution is -0.134. The van der Waals surface area contributed by atoms with Crippen molar-refractivity contribution >= 4 is 11.8 Å². The Hall–Kier alpha value is -1.10. The number of hydrogen-bond donors (Lipinski definition) is 2. The van der Waals surface area contributed by atoms with E-state index < -0.39 is 6.10 Å². The van der Waals surface area contributed by atoms with Crippen molar-refractivity contribution < 1.29 is 14.7 Å². The fourth-order valence-electron chi connectivity index (χ4n) is 2.88. The lowest BCUT2D eigenvalue weighted by Gasteiger charge is -2.19. The topological polar surface area (TPSA) is 69.6 Å². The van der Waals surface area contributed by atoms with E-state index in [2.05, 4.69) is 5.32 Å². The summed E-state index contributed by atoms with van der Waals surface area (Å²) in [6.07, 6.45) is 3.03. The molecular weight excluding hydrogens is 232 g/mol. The summed E-state index contributed by atoms with van der Waals surface area (Å²) in [5.74, 6) is -0.0339. The van der Waals surface area contributed by atoms with Gasteiger partial charge in [0.05, 0.1) is 12.1 Å². The van der Waals surface area contributed by atoms with Gasteiger partial charge in [0, 0.05) is 25.4 Å². The van der Waals surface area contributed by atoms with E-state index in [1.54, 1.807) is 6.92 Å². The zero-order valence-corrected chi connectivity index (χ0v) is 10.9. The second kappa shape index (κ2) is 5.69. The van der Waals surface area contributed by atoms with E-state index in [-0.39, 0.29) is 23.8 Å². The molecule has 0 aromatic carbocycles. The van der Waals surface area contributed by atoms with Gasteiger partial charge in [0.2, 0.25) is 11.8 Å². The van der Waals surface area contributed by atoms with Gasteiger partial charge in [-0.2, -0.15) is 0 Å². The highest BCUT2D eigenvalue weighted by molar-refractivity contribution is 5.80. The molecule has 3 atom stereocenters. The van der Waals surface area contributed by atoms with Crippen LogP contribution in [0.15, 0.2) is 0 Å².